The number of rotatable bonds is 4. The standard InChI is InChI=1S/C21H21N7O3/c1-11-9-31-18-16(15-14(25-20(18)23-11)8-27(2)21(15)29)24-13-7-5-6-12(17(13)30-4)19-22-10-28(3)26-19/h5-7,10H,1,8-9H2,2-4H3,(H2,23,24,25). The number of nitrogens with zero attached hydrogens (tertiary/aromatic N) is 5. The van der Waals surface area contributed by atoms with Crippen molar-refractivity contribution >= 4 is 23.1 Å². The maximum atomic E-state index is 12.9. The maximum absolute atomic E-state index is 12.9. The van der Waals surface area contributed by atoms with E-state index in [1.807, 2.05) is 18.2 Å². The SMILES string of the molecule is C=C1COc2c(nc3c(c2Nc2cccc(-c4ncn(C)n4)c2OC)C(=O)N(C)C3)N1. The van der Waals surface area contributed by atoms with Crippen LogP contribution in [0, 0.1) is 0 Å². The molecule has 2 aliphatic heterocycles. The second-order valence-electron chi connectivity index (χ2n) is 7.42. The molecule has 0 saturated carbocycles. The molecule has 158 valence electrons. The predicted octanol–water partition coefficient (Wildman–Crippen LogP) is 2.53. The molecule has 0 atom stereocenters. The van der Waals surface area contributed by atoms with E-state index in [1.165, 1.54) is 0 Å². The summed E-state index contributed by atoms with van der Waals surface area (Å²) in [5, 5.41) is 10.9. The number of fused-ring (bicyclic) bond motifs is 2. The molecule has 5 rings (SSSR count). The summed E-state index contributed by atoms with van der Waals surface area (Å²) < 4.78 is 13.2. The predicted molar refractivity (Wildman–Crippen MR) is 115 cm³/mol. The molecule has 0 fully saturated rings. The Morgan fingerprint density at radius 2 is 2.16 bits per heavy atom. The Morgan fingerprint density at radius 1 is 1.32 bits per heavy atom. The van der Waals surface area contributed by atoms with Crippen LogP contribution in [0.2, 0.25) is 0 Å². The number of carbonyl (C=O) groups is 1. The lowest BCUT2D eigenvalue weighted by molar-refractivity contribution is 0.0817. The highest BCUT2D eigenvalue weighted by atomic mass is 16.5. The van der Waals surface area contributed by atoms with Crippen molar-refractivity contribution in [3.63, 3.8) is 0 Å². The summed E-state index contributed by atoms with van der Waals surface area (Å²) in [6, 6.07) is 5.62. The van der Waals surface area contributed by atoms with Crippen molar-refractivity contribution in [2.75, 3.05) is 31.4 Å². The number of methoxy groups -OCH3 is 1. The van der Waals surface area contributed by atoms with E-state index in [4.69, 9.17) is 9.47 Å². The van der Waals surface area contributed by atoms with Crippen molar-refractivity contribution < 1.29 is 14.3 Å². The lowest BCUT2D eigenvalue weighted by Crippen LogP contribution is -2.20. The summed E-state index contributed by atoms with van der Waals surface area (Å²) >= 11 is 0. The highest BCUT2D eigenvalue weighted by Crippen LogP contribution is 2.45. The molecular weight excluding hydrogens is 398 g/mol. The summed E-state index contributed by atoms with van der Waals surface area (Å²) in [6.45, 7) is 4.61. The van der Waals surface area contributed by atoms with E-state index in [0.717, 1.165) is 5.56 Å². The third kappa shape index (κ3) is 3.03. The summed E-state index contributed by atoms with van der Waals surface area (Å²) in [5.74, 6) is 1.97. The zero-order chi connectivity index (χ0) is 21.7. The first-order chi connectivity index (χ1) is 15.0. The minimum absolute atomic E-state index is 0.123. The normalized spacial score (nSPS) is 14.6. The fourth-order valence-corrected chi connectivity index (χ4v) is 3.79. The summed E-state index contributed by atoms with van der Waals surface area (Å²) in [4.78, 5) is 23.5. The number of para-hydroxylation sites is 1. The molecule has 4 heterocycles. The fraction of sp³-hybridized carbons (Fsp3) is 0.238. The van der Waals surface area contributed by atoms with Gasteiger partial charge in [0, 0.05) is 19.8 Å². The van der Waals surface area contributed by atoms with Crippen LogP contribution in [0.4, 0.5) is 17.2 Å². The molecule has 3 aromatic rings. The first kappa shape index (κ1) is 18.9. The van der Waals surface area contributed by atoms with E-state index in [2.05, 4.69) is 32.3 Å². The van der Waals surface area contributed by atoms with Gasteiger partial charge < -0.3 is 25.0 Å². The average molecular weight is 419 g/mol. The number of aryl methyl sites for hydroxylation is 1. The summed E-state index contributed by atoms with van der Waals surface area (Å²) in [6.07, 6.45) is 1.63. The highest BCUT2D eigenvalue weighted by Gasteiger charge is 2.35. The molecule has 1 aromatic carbocycles. The van der Waals surface area contributed by atoms with Gasteiger partial charge in [-0.1, -0.05) is 12.6 Å². The van der Waals surface area contributed by atoms with Gasteiger partial charge in [0.2, 0.25) is 0 Å². The second kappa shape index (κ2) is 7.01. The number of benzene rings is 1. The Balaban J connectivity index is 1.66. The minimum Gasteiger partial charge on any atom is -0.494 e. The molecule has 0 saturated heterocycles. The quantitative estimate of drug-likeness (QED) is 0.665. The molecule has 1 amide bonds. The summed E-state index contributed by atoms with van der Waals surface area (Å²) in [5.41, 5.74) is 3.77. The molecule has 2 aromatic heterocycles. The van der Waals surface area contributed by atoms with Crippen LogP contribution in [0.25, 0.3) is 11.4 Å². The topological polar surface area (TPSA) is 106 Å². The Morgan fingerprint density at radius 3 is 2.90 bits per heavy atom. The van der Waals surface area contributed by atoms with Crippen LogP contribution in [0.1, 0.15) is 16.1 Å². The number of carbonyl (C=O) groups excluding carboxylic acids is 1. The minimum atomic E-state index is -0.123. The summed E-state index contributed by atoms with van der Waals surface area (Å²) in [7, 11) is 5.13. The molecule has 0 spiro atoms. The third-order valence-corrected chi connectivity index (χ3v) is 5.18. The number of hydrogen-bond donors (Lipinski definition) is 2. The molecule has 0 unspecified atom stereocenters. The zero-order valence-corrected chi connectivity index (χ0v) is 17.4. The van der Waals surface area contributed by atoms with Gasteiger partial charge >= 0.3 is 0 Å². The maximum Gasteiger partial charge on any atom is 0.258 e. The van der Waals surface area contributed by atoms with Gasteiger partial charge in [-0.05, 0) is 12.1 Å². The van der Waals surface area contributed by atoms with Gasteiger partial charge in [0.25, 0.3) is 5.91 Å². The van der Waals surface area contributed by atoms with Gasteiger partial charge in [-0.3, -0.25) is 9.48 Å². The number of aromatic nitrogens is 4. The first-order valence-corrected chi connectivity index (χ1v) is 9.66. The Labute approximate surface area is 178 Å². The lowest BCUT2D eigenvalue weighted by atomic mass is 10.1. The lowest BCUT2D eigenvalue weighted by Gasteiger charge is -2.25. The van der Waals surface area contributed by atoms with E-state index in [9.17, 15) is 4.79 Å². The van der Waals surface area contributed by atoms with Gasteiger partial charge in [0.1, 0.15) is 18.6 Å². The zero-order valence-electron chi connectivity index (χ0n) is 17.4. The Kier molecular flexibility index (Phi) is 4.28. The van der Waals surface area contributed by atoms with Crippen LogP contribution in [-0.4, -0.2) is 51.3 Å². The van der Waals surface area contributed by atoms with Crippen molar-refractivity contribution in [2.24, 2.45) is 7.05 Å². The Bertz CT molecular complexity index is 1230. The van der Waals surface area contributed by atoms with E-state index < -0.39 is 0 Å². The number of hydrogen-bond acceptors (Lipinski definition) is 8. The fourth-order valence-electron chi connectivity index (χ4n) is 3.79. The molecule has 0 aliphatic carbocycles. The number of ether oxygens (including phenoxy) is 2. The van der Waals surface area contributed by atoms with Gasteiger partial charge in [-0.25, -0.2) is 9.97 Å². The monoisotopic (exact) mass is 419 g/mol. The van der Waals surface area contributed by atoms with Crippen LogP contribution in [0.3, 0.4) is 0 Å². The molecular formula is C21H21N7O3. The average Bonchev–Trinajstić information content (AvgIpc) is 3.30. The van der Waals surface area contributed by atoms with Crippen molar-refractivity contribution in [3.8, 4) is 22.9 Å². The van der Waals surface area contributed by atoms with Crippen LogP contribution >= 0.6 is 0 Å². The van der Waals surface area contributed by atoms with Gasteiger partial charge in [-0.15, -0.1) is 0 Å². The van der Waals surface area contributed by atoms with Gasteiger partial charge in [0.15, 0.2) is 23.1 Å². The van der Waals surface area contributed by atoms with Crippen LogP contribution in [-0.2, 0) is 13.6 Å². The van der Waals surface area contributed by atoms with Crippen molar-refractivity contribution in [2.45, 2.75) is 6.54 Å². The molecule has 31 heavy (non-hydrogen) atoms. The first-order valence-electron chi connectivity index (χ1n) is 9.66. The van der Waals surface area contributed by atoms with E-state index in [0.29, 0.717) is 58.0 Å². The van der Waals surface area contributed by atoms with Gasteiger partial charge in [-0.2, -0.15) is 5.10 Å². The van der Waals surface area contributed by atoms with E-state index in [-0.39, 0.29) is 12.5 Å². The number of amides is 1. The van der Waals surface area contributed by atoms with E-state index in [1.54, 1.807) is 37.1 Å². The highest BCUT2D eigenvalue weighted by molar-refractivity contribution is 6.06. The van der Waals surface area contributed by atoms with Gasteiger partial charge in [0.05, 0.1) is 36.2 Å². The largest absolute Gasteiger partial charge is 0.494 e. The van der Waals surface area contributed by atoms with E-state index >= 15 is 0 Å². The molecule has 10 nitrogen and oxygen atoms in total. The van der Waals surface area contributed by atoms with Crippen molar-refractivity contribution in [1.29, 1.82) is 0 Å². The third-order valence-electron chi connectivity index (χ3n) is 5.18. The molecule has 0 radical (unpaired) electrons. The van der Waals surface area contributed by atoms with Crippen molar-refractivity contribution in [1.82, 2.24) is 24.6 Å². The molecule has 2 N–H and O–H groups in total. The second-order valence-corrected chi connectivity index (χ2v) is 7.42. The van der Waals surface area contributed by atoms with Crippen molar-refractivity contribution in [3.05, 3.63) is 48.1 Å². The molecule has 10 heteroatoms. The number of pyridine rings is 1. The number of nitrogens with one attached hydrogen (secondary N) is 2. The molecule has 0 bridgehead atoms. The smallest absolute Gasteiger partial charge is 0.258 e. The molecule has 2 aliphatic rings. The Hall–Kier alpha value is -4.08. The number of anilines is 3. The van der Waals surface area contributed by atoms with Crippen LogP contribution < -0.4 is 20.1 Å². The van der Waals surface area contributed by atoms with Crippen LogP contribution in [0.5, 0.6) is 11.5 Å². The van der Waals surface area contributed by atoms with Crippen LogP contribution in [0.15, 0.2) is 36.8 Å².